The molecule has 1 saturated heterocycles. The topological polar surface area (TPSA) is 54.3 Å². The molecular weight excluding hydrogens is 266 g/mol. The second-order valence-electron chi connectivity index (χ2n) is 5.64. The number of hydrogen-bond acceptors (Lipinski definition) is 4. The molecule has 1 aromatic heterocycles. The highest BCUT2D eigenvalue weighted by Crippen LogP contribution is 2.22. The van der Waals surface area contributed by atoms with Crippen LogP contribution >= 0.6 is 0 Å². The zero-order valence-corrected chi connectivity index (χ0v) is 12.3. The molecule has 2 aromatic rings. The molecule has 0 spiro atoms. The van der Waals surface area contributed by atoms with Gasteiger partial charge in [0.15, 0.2) is 0 Å². The zero-order chi connectivity index (χ0) is 14.8. The van der Waals surface area contributed by atoms with Gasteiger partial charge in [-0.2, -0.15) is 5.10 Å². The van der Waals surface area contributed by atoms with E-state index in [1.807, 2.05) is 52.8 Å². The van der Waals surface area contributed by atoms with Gasteiger partial charge >= 0.3 is 0 Å². The van der Waals surface area contributed by atoms with Gasteiger partial charge in [-0.3, -0.25) is 9.48 Å². The maximum atomic E-state index is 12.4. The summed E-state index contributed by atoms with van der Waals surface area (Å²) in [4.78, 5) is 20.2. The summed E-state index contributed by atoms with van der Waals surface area (Å²) >= 11 is 0. The molecule has 110 valence electrons. The molecule has 3 rings (SSSR count). The number of hydrogen-bond donors (Lipinski definition) is 0. The van der Waals surface area contributed by atoms with Crippen LogP contribution in [0.3, 0.4) is 0 Å². The van der Waals surface area contributed by atoms with E-state index in [-0.39, 0.29) is 5.91 Å². The molecule has 6 nitrogen and oxygen atoms in total. The summed E-state index contributed by atoms with van der Waals surface area (Å²) in [5.41, 5.74) is 1.79. The lowest BCUT2D eigenvalue weighted by Gasteiger charge is -2.39. The molecule has 0 saturated carbocycles. The van der Waals surface area contributed by atoms with Crippen LogP contribution in [0.15, 0.2) is 36.9 Å². The van der Waals surface area contributed by atoms with E-state index in [9.17, 15) is 4.79 Å². The lowest BCUT2D eigenvalue weighted by atomic mass is 9.98. The van der Waals surface area contributed by atoms with E-state index in [0.717, 1.165) is 30.9 Å². The Morgan fingerprint density at radius 3 is 2.86 bits per heavy atom. The van der Waals surface area contributed by atoms with Gasteiger partial charge < -0.3 is 9.80 Å². The largest absolute Gasteiger partial charge is 0.378 e. The Labute approximate surface area is 124 Å². The fourth-order valence-electron chi connectivity index (χ4n) is 2.54. The van der Waals surface area contributed by atoms with Crippen LogP contribution in [-0.2, 0) is 6.54 Å². The van der Waals surface area contributed by atoms with E-state index in [4.69, 9.17) is 0 Å². The second kappa shape index (κ2) is 5.55. The molecule has 6 heteroatoms. The predicted octanol–water partition coefficient (Wildman–Crippen LogP) is 1.12. The smallest absolute Gasteiger partial charge is 0.253 e. The predicted molar refractivity (Wildman–Crippen MR) is 80.2 cm³/mol. The molecule has 0 radical (unpaired) electrons. The average molecular weight is 285 g/mol. The number of aromatic nitrogens is 3. The van der Waals surface area contributed by atoms with Gasteiger partial charge in [0.1, 0.15) is 12.7 Å². The average Bonchev–Trinajstić information content (AvgIpc) is 2.95. The summed E-state index contributed by atoms with van der Waals surface area (Å²) in [6, 6.07) is 7.74. The Kier molecular flexibility index (Phi) is 3.60. The summed E-state index contributed by atoms with van der Waals surface area (Å²) in [5, 5.41) is 4.09. The van der Waals surface area contributed by atoms with Gasteiger partial charge in [0, 0.05) is 50.9 Å². The molecular formula is C15H19N5O. The van der Waals surface area contributed by atoms with E-state index in [2.05, 4.69) is 10.1 Å². The third-order valence-corrected chi connectivity index (χ3v) is 3.77. The highest BCUT2D eigenvalue weighted by molar-refractivity contribution is 5.95. The van der Waals surface area contributed by atoms with Crippen molar-refractivity contribution in [2.45, 2.75) is 6.54 Å². The molecule has 2 heterocycles. The molecule has 1 aromatic carbocycles. The maximum Gasteiger partial charge on any atom is 0.253 e. The van der Waals surface area contributed by atoms with Gasteiger partial charge in [0.25, 0.3) is 5.91 Å². The van der Waals surface area contributed by atoms with Crippen molar-refractivity contribution in [1.29, 1.82) is 0 Å². The number of rotatable bonds is 4. The van der Waals surface area contributed by atoms with Gasteiger partial charge in [-0.1, -0.05) is 6.07 Å². The molecule has 0 unspecified atom stereocenters. The molecule has 1 fully saturated rings. The molecule has 0 aliphatic carbocycles. The summed E-state index contributed by atoms with van der Waals surface area (Å²) in [7, 11) is 3.95. The number of likely N-dealkylation sites (tertiary alicyclic amines) is 1. The SMILES string of the molecule is CN(C)c1cccc(C(=O)N2CC(Cn3cncn3)C2)c1. The quantitative estimate of drug-likeness (QED) is 0.844. The van der Waals surface area contributed by atoms with Crippen LogP contribution in [0.5, 0.6) is 0 Å². The molecule has 1 aliphatic rings. The van der Waals surface area contributed by atoms with Crippen LogP contribution in [0.2, 0.25) is 0 Å². The Hall–Kier alpha value is -2.37. The number of anilines is 1. The molecule has 1 aliphatic heterocycles. The van der Waals surface area contributed by atoms with Crippen LogP contribution < -0.4 is 4.90 Å². The van der Waals surface area contributed by atoms with Crippen LogP contribution in [0, 0.1) is 5.92 Å². The first-order valence-corrected chi connectivity index (χ1v) is 7.02. The van der Waals surface area contributed by atoms with E-state index >= 15 is 0 Å². The van der Waals surface area contributed by atoms with Gasteiger partial charge in [-0.25, -0.2) is 4.98 Å². The van der Waals surface area contributed by atoms with Crippen molar-refractivity contribution in [3.05, 3.63) is 42.5 Å². The van der Waals surface area contributed by atoms with Crippen molar-refractivity contribution in [3.8, 4) is 0 Å². The highest BCUT2D eigenvalue weighted by atomic mass is 16.2. The number of nitrogens with zero attached hydrogens (tertiary/aromatic N) is 5. The summed E-state index contributed by atoms with van der Waals surface area (Å²) in [6.07, 6.45) is 3.25. The normalized spacial score (nSPS) is 14.9. The van der Waals surface area contributed by atoms with Crippen molar-refractivity contribution < 1.29 is 4.79 Å². The Bertz CT molecular complexity index is 617. The third-order valence-electron chi connectivity index (χ3n) is 3.77. The zero-order valence-electron chi connectivity index (χ0n) is 12.3. The minimum Gasteiger partial charge on any atom is -0.378 e. The minimum absolute atomic E-state index is 0.105. The van der Waals surface area contributed by atoms with Gasteiger partial charge in [0.05, 0.1) is 0 Å². The van der Waals surface area contributed by atoms with E-state index in [1.165, 1.54) is 6.33 Å². The standard InChI is InChI=1S/C15H19N5O/c1-18(2)14-5-3-4-13(6-14)15(21)19-7-12(8-19)9-20-11-16-10-17-20/h3-6,10-12H,7-9H2,1-2H3. The first-order chi connectivity index (χ1) is 10.1. The Morgan fingerprint density at radius 1 is 1.38 bits per heavy atom. The number of carbonyl (C=O) groups excluding carboxylic acids is 1. The van der Waals surface area contributed by atoms with Gasteiger partial charge in [-0.15, -0.1) is 0 Å². The van der Waals surface area contributed by atoms with Crippen LogP contribution in [0.1, 0.15) is 10.4 Å². The Balaban J connectivity index is 1.59. The highest BCUT2D eigenvalue weighted by Gasteiger charge is 2.31. The molecule has 1 amide bonds. The molecule has 0 N–H and O–H groups in total. The molecule has 0 bridgehead atoms. The van der Waals surface area contributed by atoms with Crippen molar-refractivity contribution in [1.82, 2.24) is 19.7 Å². The van der Waals surface area contributed by atoms with Crippen molar-refractivity contribution >= 4 is 11.6 Å². The summed E-state index contributed by atoms with van der Waals surface area (Å²) < 4.78 is 1.82. The van der Waals surface area contributed by atoms with E-state index in [0.29, 0.717) is 5.92 Å². The van der Waals surface area contributed by atoms with E-state index < -0.39 is 0 Å². The molecule has 21 heavy (non-hydrogen) atoms. The number of amides is 1. The van der Waals surface area contributed by atoms with Crippen LogP contribution in [0.25, 0.3) is 0 Å². The maximum absolute atomic E-state index is 12.4. The third kappa shape index (κ3) is 2.89. The fourth-order valence-corrected chi connectivity index (χ4v) is 2.54. The monoisotopic (exact) mass is 285 g/mol. The Morgan fingerprint density at radius 2 is 2.19 bits per heavy atom. The molecule has 0 atom stereocenters. The van der Waals surface area contributed by atoms with Gasteiger partial charge in [0.2, 0.25) is 0 Å². The van der Waals surface area contributed by atoms with Crippen molar-refractivity contribution in [2.24, 2.45) is 5.92 Å². The van der Waals surface area contributed by atoms with Crippen molar-refractivity contribution in [2.75, 3.05) is 32.1 Å². The second-order valence-corrected chi connectivity index (χ2v) is 5.64. The number of benzene rings is 1. The number of carbonyl (C=O) groups is 1. The summed E-state index contributed by atoms with van der Waals surface area (Å²) in [6.45, 7) is 2.39. The fraction of sp³-hybridized carbons (Fsp3) is 0.400. The van der Waals surface area contributed by atoms with E-state index in [1.54, 1.807) is 6.33 Å². The lowest BCUT2D eigenvalue weighted by molar-refractivity contribution is 0.0461. The van der Waals surface area contributed by atoms with Gasteiger partial charge in [-0.05, 0) is 18.2 Å². The van der Waals surface area contributed by atoms with Crippen molar-refractivity contribution in [3.63, 3.8) is 0 Å². The van der Waals surface area contributed by atoms with Crippen LogP contribution in [-0.4, -0.2) is 52.8 Å². The minimum atomic E-state index is 0.105. The first-order valence-electron chi connectivity index (χ1n) is 7.02. The first kappa shape index (κ1) is 13.6. The van der Waals surface area contributed by atoms with Crippen LogP contribution in [0.4, 0.5) is 5.69 Å². The summed E-state index contributed by atoms with van der Waals surface area (Å²) in [5.74, 6) is 0.571. The lowest BCUT2D eigenvalue weighted by Crippen LogP contribution is -2.51.